The van der Waals surface area contributed by atoms with Gasteiger partial charge in [0.05, 0.1) is 0 Å². The summed E-state index contributed by atoms with van der Waals surface area (Å²) in [6.45, 7) is 2.48. The van der Waals surface area contributed by atoms with Crippen molar-refractivity contribution in [2.75, 3.05) is 23.3 Å². The Balaban J connectivity index is 1.21. The molecule has 3 heterocycles. The van der Waals surface area contributed by atoms with Crippen LogP contribution in [0, 0.1) is 0 Å². The van der Waals surface area contributed by atoms with Crippen molar-refractivity contribution in [2.24, 2.45) is 0 Å². The van der Waals surface area contributed by atoms with Crippen LogP contribution >= 0.6 is 24.0 Å². The molecule has 0 atom stereocenters. The smallest absolute Gasteiger partial charge is 0.232 e. The highest BCUT2D eigenvalue weighted by atomic mass is 32.2. The number of hydrogen-bond acceptors (Lipinski definition) is 7. The first kappa shape index (κ1) is 25.7. The first-order valence-corrected chi connectivity index (χ1v) is 14.7. The highest BCUT2D eigenvalue weighted by molar-refractivity contribution is 7.99. The second-order valence-electron chi connectivity index (χ2n) is 10.1. The fraction of sp³-hybridized carbons (Fsp3) is 0.300. The van der Waals surface area contributed by atoms with Gasteiger partial charge in [0.2, 0.25) is 5.95 Å². The monoisotopic (exact) mass is 553 g/mol. The lowest BCUT2D eigenvalue weighted by Gasteiger charge is -2.31. The molecule has 2 aromatic carbocycles. The standard InChI is InChI=1S/C30H31N7S2/c38-28(33-21-30(14-6-7-15-30)24-11-2-1-3-12-24)36-27-34-25(19-26(35-27)39-29-31-16-8-17-32-29)37-18-13-22-9-4-5-10-23(22)20-37/h1-5,8-12,16-17,19H,6-7,13-15,18,20-21H2,(H2,33,34,35,36,38). The van der Waals surface area contributed by atoms with Gasteiger partial charge in [0.1, 0.15) is 10.8 Å². The maximum absolute atomic E-state index is 5.75. The predicted molar refractivity (Wildman–Crippen MR) is 160 cm³/mol. The van der Waals surface area contributed by atoms with Crippen molar-refractivity contribution in [1.29, 1.82) is 0 Å². The molecule has 0 amide bonds. The lowest BCUT2D eigenvalue weighted by Crippen LogP contribution is -2.41. The molecule has 0 saturated heterocycles. The Morgan fingerprint density at radius 1 is 0.923 bits per heavy atom. The molecule has 39 heavy (non-hydrogen) atoms. The largest absolute Gasteiger partial charge is 0.361 e. The molecule has 1 saturated carbocycles. The first-order valence-electron chi connectivity index (χ1n) is 13.4. The Morgan fingerprint density at radius 3 is 2.46 bits per heavy atom. The van der Waals surface area contributed by atoms with Crippen LogP contribution in [0.4, 0.5) is 11.8 Å². The van der Waals surface area contributed by atoms with Gasteiger partial charge < -0.3 is 15.5 Å². The Labute approximate surface area is 238 Å². The van der Waals surface area contributed by atoms with E-state index in [9.17, 15) is 0 Å². The third-order valence-corrected chi connectivity index (χ3v) is 8.70. The summed E-state index contributed by atoms with van der Waals surface area (Å²) in [7, 11) is 0. The van der Waals surface area contributed by atoms with Crippen LogP contribution in [0.3, 0.4) is 0 Å². The van der Waals surface area contributed by atoms with E-state index >= 15 is 0 Å². The predicted octanol–water partition coefficient (Wildman–Crippen LogP) is 5.78. The van der Waals surface area contributed by atoms with E-state index < -0.39 is 0 Å². The molecule has 0 radical (unpaired) electrons. The molecule has 2 aliphatic rings. The molecule has 198 valence electrons. The minimum Gasteiger partial charge on any atom is -0.361 e. The number of thiocarbonyl (C=S) groups is 1. The topological polar surface area (TPSA) is 78.9 Å². The maximum Gasteiger partial charge on any atom is 0.232 e. The van der Waals surface area contributed by atoms with Crippen LogP contribution in [0.15, 0.2) is 89.3 Å². The van der Waals surface area contributed by atoms with Gasteiger partial charge in [-0.1, -0.05) is 67.4 Å². The van der Waals surface area contributed by atoms with Crippen molar-refractivity contribution >= 4 is 40.9 Å². The average molecular weight is 554 g/mol. The van der Waals surface area contributed by atoms with Crippen molar-refractivity contribution in [3.05, 3.63) is 95.8 Å². The second-order valence-corrected chi connectivity index (χ2v) is 11.5. The summed E-state index contributed by atoms with van der Waals surface area (Å²) in [6, 6.07) is 23.2. The van der Waals surface area contributed by atoms with E-state index in [0.717, 1.165) is 49.7 Å². The minimum atomic E-state index is 0.0998. The highest BCUT2D eigenvalue weighted by Crippen LogP contribution is 2.40. The number of fused-ring (bicyclic) bond motifs is 1. The Hall–Kier alpha value is -3.56. The van der Waals surface area contributed by atoms with Crippen LogP contribution in [-0.4, -0.2) is 38.1 Å². The summed E-state index contributed by atoms with van der Waals surface area (Å²) >= 11 is 7.17. The van der Waals surface area contributed by atoms with Gasteiger partial charge in [-0.2, -0.15) is 4.98 Å². The van der Waals surface area contributed by atoms with E-state index in [4.69, 9.17) is 22.2 Å². The van der Waals surface area contributed by atoms with Gasteiger partial charge in [0, 0.05) is 43.5 Å². The van der Waals surface area contributed by atoms with Gasteiger partial charge in [0.25, 0.3) is 0 Å². The molecule has 4 aromatic rings. The van der Waals surface area contributed by atoms with Crippen molar-refractivity contribution in [3.63, 3.8) is 0 Å². The molecule has 1 aliphatic heterocycles. The minimum absolute atomic E-state index is 0.0998. The van der Waals surface area contributed by atoms with E-state index in [-0.39, 0.29) is 5.41 Å². The van der Waals surface area contributed by atoms with Crippen molar-refractivity contribution in [1.82, 2.24) is 25.3 Å². The Bertz CT molecular complexity index is 1430. The van der Waals surface area contributed by atoms with Gasteiger partial charge in [-0.3, -0.25) is 0 Å². The van der Waals surface area contributed by atoms with E-state index in [0.29, 0.717) is 16.2 Å². The van der Waals surface area contributed by atoms with E-state index in [1.807, 2.05) is 12.1 Å². The molecule has 1 fully saturated rings. The molecular formula is C30H31N7S2. The highest BCUT2D eigenvalue weighted by Gasteiger charge is 2.35. The third-order valence-electron chi connectivity index (χ3n) is 7.64. The number of nitrogens with one attached hydrogen (secondary N) is 2. The number of nitrogens with zero attached hydrogens (tertiary/aromatic N) is 5. The SMILES string of the molecule is S=C(NCC1(c2ccccc2)CCCC1)Nc1nc(Sc2ncccn2)cc(N2CCc3ccccc3C2)n1. The van der Waals surface area contributed by atoms with Crippen molar-refractivity contribution < 1.29 is 0 Å². The molecule has 9 heteroatoms. The van der Waals surface area contributed by atoms with E-state index in [2.05, 4.69) is 80.1 Å². The molecular weight excluding hydrogens is 523 g/mol. The fourth-order valence-electron chi connectivity index (χ4n) is 5.61. The van der Waals surface area contributed by atoms with Gasteiger partial charge in [-0.05, 0) is 66.0 Å². The van der Waals surface area contributed by atoms with Crippen LogP contribution in [-0.2, 0) is 18.4 Å². The van der Waals surface area contributed by atoms with Crippen LogP contribution in [0.2, 0.25) is 0 Å². The first-order chi connectivity index (χ1) is 19.2. The van der Waals surface area contributed by atoms with Crippen molar-refractivity contribution in [2.45, 2.75) is 54.2 Å². The summed E-state index contributed by atoms with van der Waals surface area (Å²) in [4.78, 5) is 20.7. The van der Waals surface area contributed by atoms with Crippen molar-refractivity contribution in [3.8, 4) is 0 Å². The zero-order valence-electron chi connectivity index (χ0n) is 21.7. The lowest BCUT2D eigenvalue weighted by atomic mass is 9.79. The molecule has 2 aromatic heterocycles. The second kappa shape index (κ2) is 11.7. The van der Waals surface area contributed by atoms with Crippen LogP contribution in [0.1, 0.15) is 42.4 Å². The summed E-state index contributed by atoms with van der Waals surface area (Å²) in [5, 5.41) is 8.71. The molecule has 0 unspecified atom stereocenters. The fourth-order valence-corrected chi connectivity index (χ4v) is 6.49. The quantitative estimate of drug-likeness (QED) is 0.168. The number of anilines is 2. The van der Waals surface area contributed by atoms with Gasteiger partial charge in [-0.15, -0.1) is 0 Å². The zero-order valence-corrected chi connectivity index (χ0v) is 23.3. The number of hydrogen-bond donors (Lipinski definition) is 2. The van der Waals surface area contributed by atoms with Crippen LogP contribution in [0.5, 0.6) is 0 Å². The molecule has 2 N–H and O–H groups in total. The Kier molecular flexibility index (Phi) is 7.69. The van der Waals surface area contributed by atoms with Gasteiger partial charge >= 0.3 is 0 Å². The van der Waals surface area contributed by atoms with Crippen LogP contribution in [0.25, 0.3) is 0 Å². The summed E-state index contributed by atoms with van der Waals surface area (Å²) in [5.41, 5.74) is 4.21. The third kappa shape index (κ3) is 6.04. The number of rotatable bonds is 7. The number of benzene rings is 2. The summed E-state index contributed by atoms with van der Waals surface area (Å²) in [6.07, 6.45) is 9.26. The average Bonchev–Trinajstić information content (AvgIpc) is 3.47. The van der Waals surface area contributed by atoms with Gasteiger partial charge in [0.15, 0.2) is 10.3 Å². The zero-order chi connectivity index (χ0) is 26.5. The lowest BCUT2D eigenvalue weighted by molar-refractivity contribution is 0.435. The molecule has 0 bridgehead atoms. The molecule has 0 spiro atoms. The normalized spacial score (nSPS) is 15.9. The molecule has 1 aliphatic carbocycles. The maximum atomic E-state index is 5.75. The Morgan fingerprint density at radius 2 is 1.67 bits per heavy atom. The molecule has 7 nitrogen and oxygen atoms in total. The summed E-state index contributed by atoms with van der Waals surface area (Å²) < 4.78 is 0. The number of aromatic nitrogens is 4. The van der Waals surface area contributed by atoms with Crippen LogP contribution < -0.4 is 15.5 Å². The summed E-state index contributed by atoms with van der Waals surface area (Å²) in [5.74, 6) is 1.34. The molecule has 6 rings (SSSR count). The van der Waals surface area contributed by atoms with Gasteiger partial charge in [-0.25, -0.2) is 15.0 Å². The van der Waals surface area contributed by atoms with E-state index in [1.165, 1.54) is 41.3 Å². The van der Waals surface area contributed by atoms with E-state index in [1.54, 1.807) is 12.4 Å².